The summed E-state index contributed by atoms with van der Waals surface area (Å²) in [6.45, 7) is -0.496. The largest absolute Gasteiger partial charge is 0.508 e. The van der Waals surface area contributed by atoms with Gasteiger partial charge in [0.05, 0.1) is 52.3 Å². The lowest BCUT2D eigenvalue weighted by atomic mass is 9.83. The van der Waals surface area contributed by atoms with Gasteiger partial charge in [0.2, 0.25) is 5.75 Å². The van der Waals surface area contributed by atoms with Crippen molar-refractivity contribution in [1.29, 1.82) is 0 Å². The van der Waals surface area contributed by atoms with E-state index in [0.717, 1.165) is 0 Å². The van der Waals surface area contributed by atoms with Crippen molar-refractivity contribution >= 4 is 30.4 Å². The Morgan fingerprint density at radius 2 is 1.02 bits per heavy atom. The number of aldehydes is 1. The number of ether oxygens (including phenoxy) is 6. The number of carbonyl (C=O) groups excluding carboxylic acids is 3. The molecular weight excluding hydrogens is 688 g/mol. The molecule has 276 valence electrons. The molecule has 0 unspecified atom stereocenters. The summed E-state index contributed by atoms with van der Waals surface area (Å²) >= 11 is 0. The van der Waals surface area contributed by atoms with Crippen molar-refractivity contribution in [2.24, 2.45) is 11.8 Å². The third-order valence-electron chi connectivity index (χ3n) is 8.70. The smallest absolute Gasteiger partial charge is 0.330 e. The van der Waals surface area contributed by atoms with Crippen molar-refractivity contribution in [3.05, 3.63) is 113 Å². The fraction of sp³-hybridized carbons (Fsp3) is 0.225. The van der Waals surface area contributed by atoms with Gasteiger partial charge < -0.3 is 48.8 Å². The highest BCUT2D eigenvalue weighted by atomic mass is 16.6. The van der Waals surface area contributed by atoms with Crippen LogP contribution in [0.5, 0.6) is 40.2 Å². The van der Waals surface area contributed by atoms with Crippen molar-refractivity contribution in [2.75, 3.05) is 34.5 Å². The van der Waals surface area contributed by atoms with E-state index in [4.69, 9.17) is 28.4 Å². The van der Waals surface area contributed by atoms with Gasteiger partial charge in [0.15, 0.2) is 29.3 Å². The number of esters is 2. The Bertz CT molecular complexity index is 1960. The van der Waals surface area contributed by atoms with Gasteiger partial charge in [-0.15, -0.1) is 0 Å². The molecule has 4 aromatic carbocycles. The molecule has 4 aromatic rings. The number of methoxy groups -OCH3 is 3. The van der Waals surface area contributed by atoms with Crippen LogP contribution in [0, 0.1) is 11.8 Å². The average molecular weight is 727 g/mol. The van der Waals surface area contributed by atoms with Crippen LogP contribution >= 0.6 is 0 Å². The number of hydrogen-bond donors (Lipinski definition) is 4. The monoisotopic (exact) mass is 726 g/mol. The van der Waals surface area contributed by atoms with E-state index in [1.54, 1.807) is 36.4 Å². The lowest BCUT2D eigenvalue weighted by Gasteiger charge is -2.24. The normalized spacial score (nSPS) is 18.2. The number of phenolic OH excluding ortho intramolecular Hbond substituents is 4. The predicted octanol–water partition coefficient (Wildman–Crippen LogP) is 5.91. The predicted molar refractivity (Wildman–Crippen MR) is 191 cm³/mol. The molecule has 0 spiro atoms. The molecule has 53 heavy (non-hydrogen) atoms. The summed E-state index contributed by atoms with van der Waals surface area (Å²) in [6, 6.07) is 18.4. The molecule has 0 aromatic heterocycles. The number of aromatic hydroxyl groups is 4. The highest BCUT2D eigenvalue weighted by Gasteiger charge is 2.48. The Balaban J connectivity index is 1.53. The molecule has 5 rings (SSSR count). The maximum atomic E-state index is 13.0. The zero-order chi connectivity index (χ0) is 38.1. The molecule has 0 amide bonds. The van der Waals surface area contributed by atoms with Crippen LogP contribution in [0.2, 0.25) is 0 Å². The first-order valence-corrected chi connectivity index (χ1v) is 16.3. The number of phenols is 4. The average Bonchev–Trinajstić information content (AvgIpc) is 3.54. The van der Waals surface area contributed by atoms with Crippen LogP contribution in [0.3, 0.4) is 0 Å². The van der Waals surface area contributed by atoms with E-state index in [9.17, 15) is 34.8 Å². The minimum Gasteiger partial charge on any atom is -0.508 e. The molecule has 13 nitrogen and oxygen atoms in total. The van der Waals surface area contributed by atoms with Gasteiger partial charge in [-0.25, -0.2) is 9.59 Å². The van der Waals surface area contributed by atoms with Crippen molar-refractivity contribution in [1.82, 2.24) is 0 Å². The summed E-state index contributed by atoms with van der Waals surface area (Å²) in [5.41, 5.74) is 2.06. The number of rotatable bonds is 14. The summed E-state index contributed by atoms with van der Waals surface area (Å²) in [5.74, 6) is -3.17. The first-order chi connectivity index (χ1) is 25.5. The lowest BCUT2D eigenvalue weighted by Crippen LogP contribution is -2.27. The second-order valence-corrected chi connectivity index (χ2v) is 12.0. The Labute approximate surface area is 304 Å². The number of benzene rings is 4. The molecule has 0 aliphatic carbocycles. The molecule has 1 heterocycles. The lowest BCUT2D eigenvalue weighted by molar-refractivity contribution is -0.143. The zero-order valence-electron chi connectivity index (χ0n) is 29.0. The van der Waals surface area contributed by atoms with E-state index >= 15 is 0 Å². The van der Waals surface area contributed by atoms with Crippen LogP contribution in [-0.2, 0) is 23.8 Å². The van der Waals surface area contributed by atoms with E-state index in [1.165, 1.54) is 82.0 Å². The molecule has 13 heteroatoms. The number of carbonyl (C=O) groups is 3. The van der Waals surface area contributed by atoms with Crippen LogP contribution in [0.4, 0.5) is 0 Å². The van der Waals surface area contributed by atoms with Crippen LogP contribution in [0.15, 0.2) is 84.9 Å². The molecule has 1 aliphatic heterocycles. The Morgan fingerprint density at radius 1 is 0.623 bits per heavy atom. The van der Waals surface area contributed by atoms with E-state index < -0.39 is 36.0 Å². The van der Waals surface area contributed by atoms with E-state index in [2.05, 4.69) is 0 Å². The van der Waals surface area contributed by atoms with Crippen LogP contribution in [0.25, 0.3) is 12.2 Å². The van der Waals surface area contributed by atoms with Crippen molar-refractivity contribution in [3.8, 4) is 40.2 Å². The van der Waals surface area contributed by atoms with Gasteiger partial charge in [-0.2, -0.15) is 0 Å². The van der Waals surface area contributed by atoms with E-state index in [1.807, 2.05) is 0 Å². The van der Waals surface area contributed by atoms with Crippen LogP contribution in [-0.4, -0.2) is 73.2 Å². The SMILES string of the molecule is COc1cc([C@@H]2O[C@@H](c3cc(OC)c(O)c(OC)c3)[C@H](COC(=O)/C=C/c3ccc(O)cc3)[C@H]2COC(=O)/C=C/c2ccc(O)cc2)cc(C=O)c1O. The zero-order valence-corrected chi connectivity index (χ0v) is 29.0. The van der Waals surface area contributed by atoms with Gasteiger partial charge >= 0.3 is 11.9 Å². The Morgan fingerprint density at radius 3 is 1.42 bits per heavy atom. The fourth-order valence-electron chi connectivity index (χ4n) is 5.97. The van der Waals surface area contributed by atoms with Gasteiger partial charge in [-0.05, 0) is 82.9 Å². The first-order valence-electron chi connectivity index (χ1n) is 16.3. The quantitative estimate of drug-likeness (QED) is 0.0684. The minimum atomic E-state index is -0.927. The van der Waals surface area contributed by atoms with Gasteiger partial charge in [-0.3, -0.25) is 4.79 Å². The first kappa shape index (κ1) is 37.8. The van der Waals surface area contributed by atoms with Crippen LogP contribution in [0.1, 0.15) is 44.8 Å². The summed E-state index contributed by atoms with van der Waals surface area (Å²) in [5, 5.41) is 40.4. The second kappa shape index (κ2) is 17.2. The molecule has 0 saturated carbocycles. The highest BCUT2D eigenvalue weighted by molar-refractivity contribution is 5.87. The Hall–Kier alpha value is -6.47. The summed E-state index contributed by atoms with van der Waals surface area (Å²) in [6.07, 6.45) is 4.13. The van der Waals surface area contributed by atoms with Crippen molar-refractivity contribution in [2.45, 2.75) is 12.2 Å². The molecule has 1 aliphatic rings. The number of hydrogen-bond acceptors (Lipinski definition) is 13. The molecule has 4 atom stereocenters. The maximum absolute atomic E-state index is 13.0. The van der Waals surface area contributed by atoms with Gasteiger partial charge in [0.25, 0.3) is 0 Å². The van der Waals surface area contributed by atoms with Gasteiger partial charge in [-0.1, -0.05) is 24.3 Å². The topological polar surface area (TPSA) is 188 Å². The van der Waals surface area contributed by atoms with Crippen molar-refractivity contribution in [3.63, 3.8) is 0 Å². The molecule has 0 radical (unpaired) electrons. The minimum absolute atomic E-state index is 0.000423. The summed E-state index contributed by atoms with van der Waals surface area (Å²) in [4.78, 5) is 38.0. The second-order valence-electron chi connectivity index (χ2n) is 12.0. The van der Waals surface area contributed by atoms with Gasteiger partial charge in [0, 0.05) is 24.0 Å². The molecule has 1 fully saturated rings. The highest BCUT2D eigenvalue weighted by Crippen LogP contribution is 2.53. The van der Waals surface area contributed by atoms with E-state index in [0.29, 0.717) is 28.5 Å². The molecule has 4 N–H and O–H groups in total. The summed E-state index contributed by atoms with van der Waals surface area (Å²) < 4.78 is 34.3. The van der Waals surface area contributed by atoms with Crippen LogP contribution < -0.4 is 14.2 Å². The third-order valence-corrected chi connectivity index (χ3v) is 8.70. The maximum Gasteiger partial charge on any atom is 0.330 e. The molecule has 1 saturated heterocycles. The summed E-state index contributed by atoms with van der Waals surface area (Å²) in [7, 11) is 4.07. The molecular formula is C40H38O13. The fourth-order valence-corrected chi connectivity index (χ4v) is 5.97. The third kappa shape index (κ3) is 9.07. The standard InChI is InChI=1S/C40H38O13/c1-48-32-17-25(16-27(20-41)37(32)46)39-30(21-51-35(44)14-8-23-4-10-28(42)11-5-23)31(22-52-36(45)15-9-24-6-12-29(43)13-7-24)40(53-39)26-18-33(49-2)38(47)34(19-26)50-3/h4-20,30-31,39-40,42-43,46-47H,21-22H2,1-3H3/b14-8+,15-9+/t30-,31-,39+,40+/m1/s1. The van der Waals surface area contributed by atoms with Crippen molar-refractivity contribution < 1.29 is 63.2 Å². The van der Waals surface area contributed by atoms with Gasteiger partial charge in [0.1, 0.15) is 11.5 Å². The molecule has 0 bridgehead atoms. The van der Waals surface area contributed by atoms with E-state index in [-0.39, 0.29) is 59.0 Å². The Kier molecular flexibility index (Phi) is 12.2.